The van der Waals surface area contributed by atoms with Crippen LogP contribution >= 0.6 is 15.9 Å². The minimum absolute atomic E-state index is 0.0961. The van der Waals surface area contributed by atoms with Crippen molar-refractivity contribution in [1.82, 2.24) is 4.98 Å². The number of anilines is 1. The average Bonchev–Trinajstić information content (AvgIpc) is 2.41. The van der Waals surface area contributed by atoms with Gasteiger partial charge in [0.15, 0.2) is 0 Å². The van der Waals surface area contributed by atoms with Crippen LogP contribution in [0.4, 0.5) is 11.5 Å². The smallest absolute Gasteiger partial charge is 0.312 e. The van der Waals surface area contributed by atoms with E-state index in [1.165, 1.54) is 6.07 Å². The maximum absolute atomic E-state index is 11.0. The first kappa shape index (κ1) is 14.3. The summed E-state index contributed by atoms with van der Waals surface area (Å²) in [6.07, 6.45) is 1.58. The van der Waals surface area contributed by atoms with E-state index in [0.29, 0.717) is 16.0 Å². The maximum atomic E-state index is 11.0. The molecule has 1 N–H and O–H groups in total. The molecule has 0 radical (unpaired) electrons. The van der Waals surface area contributed by atoms with Crippen molar-refractivity contribution in [2.75, 3.05) is 11.9 Å². The fraction of sp³-hybridized carbons (Fsp3) is 0.154. The van der Waals surface area contributed by atoms with E-state index in [2.05, 4.69) is 26.2 Å². The normalized spacial score (nSPS) is 10.1. The lowest BCUT2D eigenvalue weighted by atomic mass is 10.3. The number of nitrogens with zero attached hydrogens (tertiary/aromatic N) is 2. The first-order valence-electron chi connectivity index (χ1n) is 5.92. The Hall–Kier alpha value is -2.15. The van der Waals surface area contributed by atoms with Crippen LogP contribution in [0.1, 0.15) is 6.92 Å². The highest BCUT2D eigenvalue weighted by molar-refractivity contribution is 9.10. The van der Waals surface area contributed by atoms with Crippen LogP contribution in [0, 0.1) is 10.1 Å². The lowest BCUT2D eigenvalue weighted by Crippen LogP contribution is -1.99. The highest BCUT2D eigenvalue weighted by Gasteiger charge is 2.18. The molecule has 0 bridgehead atoms. The molecule has 20 heavy (non-hydrogen) atoms. The van der Waals surface area contributed by atoms with Crippen LogP contribution in [-0.2, 0) is 0 Å². The second-order valence-electron chi connectivity index (χ2n) is 3.85. The molecule has 1 aromatic carbocycles. The highest BCUT2D eigenvalue weighted by Crippen LogP contribution is 2.38. The monoisotopic (exact) mass is 337 g/mol. The number of ether oxygens (including phenoxy) is 1. The maximum Gasteiger partial charge on any atom is 0.312 e. The molecular formula is C13H12BrN3O3. The van der Waals surface area contributed by atoms with Gasteiger partial charge in [-0.05, 0) is 35.0 Å². The van der Waals surface area contributed by atoms with E-state index in [1.807, 2.05) is 6.92 Å². The van der Waals surface area contributed by atoms with E-state index in [9.17, 15) is 10.1 Å². The van der Waals surface area contributed by atoms with E-state index < -0.39 is 4.92 Å². The van der Waals surface area contributed by atoms with Crippen LogP contribution in [0.5, 0.6) is 11.5 Å². The van der Waals surface area contributed by atoms with Gasteiger partial charge in [-0.15, -0.1) is 0 Å². The summed E-state index contributed by atoms with van der Waals surface area (Å²) in [5.41, 5.74) is -0.0961. The number of nitrogens with one attached hydrogen (secondary N) is 1. The number of hydrogen-bond acceptors (Lipinski definition) is 5. The summed E-state index contributed by atoms with van der Waals surface area (Å²) >= 11 is 3.26. The van der Waals surface area contributed by atoms with E-state index in [1.54, 1.807) is 30.5 Å². The van der Waals surface area contributed by atoms with Gasteiger partial charge in [-0.1, -0.05) is 6.07 Å². The molecular weight excluding hydrogens is 326 g/mol. The molecule has 2 aromatic rings. The molecule has 2 rings (SSSR count). The number of pyridine rings is 1. The number of halogens is 1. The second-order valence-corrected chi connectivity index (χ2v) is 4.71. The zero-order valence-corrected chi connectivity index (χ0v) is 12.3. The Morgan fingerprint density at radius 1 is 1.45 bits per heavy atom. The summed E-state index contributed by atoms with van der Waals surface area (Å²) in [5.74, 6) is 1.30. The molecule has 0 aliphatic heterocycles. The van der Waals surface area contributed by atoms with Crippen molar-refractivity contribution >= 4 is 27.4 Å². The van der Waals surface area contributed by atoms with Crippen molar-refractivity contribution in [2.24, 2.45) is 0 Å². The molecule has 6 nitrogen and oxygen atoms in total. The van der Waals surface area contributed by atoms with Crippen LogP contribution < -0.4 is 10.1 Å². The number of para-hydroxylation sites is 1. The zero-order chi connectivity index (χ0) is 14.5. The molecule has 7 heteroatoms. The molecule has 0 unspecified atom stereocenters. The van der Waals surface area contributed by atoms with E-state index in [0.717, 1.165) is 6.54 Å². The fourth-order valence-corrected chi connectivity index (χ4v) is 2.05. The standard InChI is InChI=1S/C13H12BrN3O3/c1-2-15-12-8-9(6-7-16-12)20-13-10(14)4-3-5-11(13)17(18)19/h3-8H,2H2,1H3,(H,15,16). The molecule has 0 spiro atoms. The molecule has 0 amide bonds. The van der Waals surface area contributed by atoms with Crippen molar-refractivity contribution in [3.05, 3.63) is 51.1 Å². The summed E-state index contributed by atoms with van der Waals surface area (Å²) in [6.45, 7) is 2.68. The first-order chi connectivity index (χ1) is 9.61. The topological polar surface area (TPSA) is 77.3 Å². The number of nitro groups is 1. The lowest BCUT2D eigenvalue weighted by Gasteiger charge is -2.09. The third-order valence-electron chi connectivity index (χ3n) is 2.45. The van der Waals surface area contributed by atoms with Crippen molar-refractivity contribution in [2.45, 2.75) is 6.92 Å². The summed E-state index contributed by atoms with van der Waals surface area (Å²) in [6, 6.07) is 8.00. The molecule has 1 heterocycles. The second kappa shape index (κ2) is 6.33. The van der Waals surface area contributed by atoms with Crippen molar-refractivity contribution in [1.29, 1.82) is 0 Å². The van der Waals surface area contributed by atoms with Gasteiger partial charge in [0, 0.05) is 24.9 Å². The molecule has 0 saturated heterocycles. The first-order valence-corrected chi connectivity index (χ1v) is 6.71. The van der Waals surface area contributed by atoms with Crippen LogP contribution in [0.15, 0.2) is 41.0 Å². The largest absolute Gasteiger partial charge is 0.449 e. The van der Waals surface area contributed by atoms with Gasteiger partial charge < -0.3 is 10.1 Å². The number of aromatic nitrogens is 1. The van der Waals surface area contributed by atoms with Crippen LogP contribution in [0.3, 0.4) is 0 Å². The molecule has 0 saturated carbocycles. The van der Waals surface area contributed by atoms with Crippen LogP contribution in [0.25, 0.3) is 0 Å². The molecule has 0 fully saturated rings. The molecule has 0 aliphatic rings. The van der Waals surface area contributed by atoms with E-state index >= 15 is 0 Å². The minimum Gasteiger partial charge on any atom is -0.449 e. The summed E-state index contributed by atoms with van der Waals surface area (Å²) < 4.78 is 6.14. The molecule has 0 aliphatic carbocycles. The minimum atomic E-state index is -0.480. The van der Waals surface area contributed by atoms with Crippen molar-refractivity contribution < 1.29 is 9.66 Å². The van der Waals surface area contributed by atoms with Gasteiger partial charge in [0.25, 0.3) is 0 Å². The molecule has 0 atom stereocenters. The number of rotatable bonds is 5. The third-order valence-corrected chi connectivity index (χ3v) is 3.08. The Labute approximate surface area is 124 Å². The van der Waals surface area contributed by atoms with Gasteiger partial charge >= 0.3 is 5.69 Å². The van der Waals surface area contributed by atoms with Crippen LogP contribution in [0.2, 0.25) is 0 Å². The van der Waals surface area contributed by atoms with Gasteiger partial charge in [0.05, 0.1) is 9.40 Å². The molecule has 1 aromatic heterocycles. The Bertz CT molecular complexity index is 634. The predicted octanol–water partition coefficient (Wildman–Crippen LogP) is 3.98. The fourth-order valence-electron chi connectivity index (χ4n) is 1.61. The molecule has 104 valence electrons. The van der Waals surface area contributed by atoms with Gasteiger partial charge in [-0.3, -0.25) is 10.1 Å². The average molecular weight is 338 g/mol. The summed E-state index contributed by atoms with van der Waals surface area (Å²) in [5, 5.41) is 14.1. The predicted molar refractivity (Wildman–Crippen MR) is 79.3 cm³/mol. The zero-order valence-electron chi connectivity index (χ0n) is 10.7. The highest BCUT2D eigenvalue weighted by atomic mass is 79.9. The van der Waals surface area contributed by atoms with Gasteiger partial charge in [0.2, 0.25) is 5.75 Å². The number of nitro benzene ring substituents is 1. The van der Waals surface area contributed by atoms with Crippen molar-refractivity contribution in [3.8, 4) is 11.5 Å². The SMILES string of the molecule is CCNc1cc(Oc2c(Br)cccc2[N+](=O)[O-])ccn1. The van der Waals surface area contributed by atoms with Crippen LogP contribution in [-0.4, -0.2) is 16.5 Å². The van der Waals surface area contributed by atoms with Gasteiger partial charge in [-0.2, -0.15) is 0 Å². The van der Waals surface area contributed by atoms with Gasteiger partial charge in [0.1, 0.15) is 11.6 Å². The summed E-state index contributed by atoms with van der Waals surface area (Å²) in [7, 11) is 0. The number of benzene rings is 1. The van der Waals surface area contributed by atoms with Crippen molar-refractivity contribution in [3.63, 3.8) is 0 Å². The Morgan fingerprint density at radius 2 is 2.25 bits per heavy atom. The van der Waals surface area contributed by atoms with E-state index in [4.69, 9.17) is 4.74 Å². The third kappa shape index (κ3) is 3.24. The quantitative estimate of drug-likeness (QED) is 0.659. The number of hydrogen-bond donors (Lipinski definition) is 1. The Morgan fingerprint density at radius 3 is 2.95 bits per heavy atom. The Balaban J connectivity index is 2.34. The van der Waals surface area contributed by atoms with E-state index in [-0.39, 0.29) is 11.4 Å². The lowest BCUT2D eigenvalue weighted by molar-refractivity contribution is -0.385. The van der Waals surface area contributed by atoms with Gasteiger partial charge in [-0.25, -0.2) is 4.98 Å². The Kier molecular flexibility index (Phi) is 4.52. The summed E-state index contributed by atoms with van der Waals surface area (Å²) in [4.78, 5) is 14.6.